The van der Waals surface area contributed by atoms with E-state index in [9.17, 15) is 36.8 Å². The first kappa shape index (κ1) is 31.1. The average molecular weight is 638 g/mol. The Morgan fingerprint density at radius 3 is 2.45 bits per heavy atom. The van der Waals surface area contributed by atoms with Crippen molar-refractivity contribution >= 4 is 33.2 Å². The predicted octanol–water partition coefficient (Wildman–Crippen LogP) is 6.24. The van der Waals surface area contributed by atoms with Crippen LogP contribution in [0, 0.1) is 11.3 Å². The zero-order valence-electron chi connectivity index (χ0n) is 21.5. The molecule has 3 aromatic carbocycles. The van der Waals surface area contributed by atoms with E-state index in [2.05, 4.69) is 9.71 Å². The Bertz CT molecular complexity index is 1890. The summed E-state index contributed by atoms with van der Waals surface area (Å²) in [5.41, 5.74) is -2.52. The van der Waals surface area contributed by atoms with E-state index < -0.39 is 45.2 Å². The molecule has 0 saturated carbocycles. The van der Waals surface area contributed by atoms with E-state index in [1.54, 1.807) is 18.2 Å². The second-order valence-corrected chi connectivity index (χ2v) is 11.6. The second-order valence-electron chi connectivity index (χ2n) is 8.97. The third-order valence-electron chi connectivity index (χ3n) is 6.15. The van der Waals surface area contributed by atoms with Gasteiger partial charge in [-0.05, 0) is 54.1 Å². The number of nitrogens with one attached hydrogen (secondary N) is 2. The summed E-state index contributed by atoms with van der Waals surface area (Å²) in [6.45, 7) is -0.221. The molecule has 4 rings (SSSR count). The third-order valence-corrected chi connectivity index (χ3v) is 8.09. The number of ether oxygens (including phenoxy) is 1. The standard InChI is InChI=1S/C28H20Cl2F3N3O5S/c1-41-14-15-3-2-4-19(7-15)42(39,40)35-13-16-8-18(29)10-22(26(16)37)25-11-20(23(12-34)27(38)36-25)21-9-17(28(31,32)33)5-6-24(21)30/h2-11,35,37H,13-14H2,1H3,(H,36,38). The highest BCUT2D eigenvalue weighted by molar-refractivity contribution is 7.89. The van der Waals surface area contributed by atoms with Crippen LogP contribution in [0.1, 0.15) is 22.3 Å². The number of benzene rings is 3. The largest absolute Gasteiger partial charge is 0.507 e. The molecule has 0 radical (unpaired) electrons. The van der Waals surface area contributed by atoms with Crippen molar-refractivity contribution in [2.24, 2.45) is 0 Å². The van der Waals surface area contributed by atoms with Crippen LogP contribution in [-0.4, -0.2) is 25.6 Å². The number of hydrogen-bond donors (Lipinski definition) is 3. The van der Waals surface area contributed by atoms with Gasteiger partial charge in [0.25, 0.3) is 5.56 Å². The highest BCUT2D eigenvalue weighted by atomic mass is 35.5. The van der Waals surface area contributed by atoms with E-state index in [-0.39, 0.29) is 49.5 Å². The quantitative estimate of drug-likeness (QED) is 0.210. The Morgan fingerprint density at radius 2 is 1.79 bits per heavy atom. The van der Waals surface area contributed by atoms with E-state index >= 15 is 0 Å². The van der Waals surface area contributed by atoms with Gasteiger partial charge in [0.15, 0.2) is 0 Å². The first-order chi connectivity index (χ1) is 19.7. The summed E-state index contributed by atoms with van der Waals surface area (Å²) in [6, 6.07) is 13.9. The fourth-order valence-corrected chi connectivity index (χ4v) is 5.69. The summed E-state index contributed by atoms with van der Waals surface area (Å²) in [5.74, 6) is -0.475. The highest BCUT2D eigenvalue weighted by Gasteiger charge is 2.31. The van der Waals surface area contributed by atoms with Gasteiger partial charge in [0.1, 0.15) is 17.4 Å². The topological polar surface area (TPSA) is 132 Å². The predicted molar refractivity (Wildman–Crippen MR) is 151 cm³/mol. The molecule has 8 nitrogen and oxygen atoms in total. The number of nitriles is 1. The molecule has 0 amide bonds. The second kappa shape index (κ2) is 12.2. The number of alkyl halides is 3. The Kier molecular flexibility index (Phi) is 9.01. The Labute approximate surface area is 248 Å². The van der Waals surface area contributed by atoms with Crippen LogP contribution < -0.4 is 10.3 Å². The van der Waals surface area contributed by atoms with Gasteiger partial charge < -0.3 is 14.8 Å². The zero-order valence-corrected chi connectivity index (χ0v) is 23.8. The molecule has 218 valence electrons. The molecule has 3 N–H and O–H groups in total. The number of sulfonamides is 1. The molecular weight excluding hydrogens is 618 g/mol. The van der Waals surface area contributed by atoms with Crippen molar-refractivity contribution in [1.82, 2.24) is 9.71 Å². The van der Waals surface area contributed by atoms with Crippen molar-refractivity contribution < 1.29 is 31.4 Å². The van der Waals surface area contributed by atoms with Gasteiger partial charge in [-0.2, -0.15) is 18.4 Å². The number of aromatic amines is 1. The Balaban J connectivity index is 1.78. The van der Waals surface area contributed by atoms with Crippen LogP contribution in [0.2, 0.25) is 10.0 Å². The lowest BCUT2D eigenvalue weighted by Gasteiger charge is -2.15. The minimum Gasteiger partial charge on any atom is -0.507 e. The van der Waals surface area contributed by atoms with Gasteiger partial charge in [-0.1, -0.05) is 35.3 Å². The molecule has 0 aliphatic rings. The number of pyridine rings is 1. The average Bonchev–Trinajstić information content (AvgIpc) is 2.93. The number of nitrogens with zero attached hydrogens (tertiary/aromatic N) is 1. The van der Waals surface area contributed by atoms with Crippen LogP contribution in [0.5, 0.6) is 5.75 Å². The van der Waals surface area contributed by atoms with Crippen molar-refractivity contribution in [1.29, 1.82) is 5.26 Å². The molecule has 0 fully saturated rings. The van der Waals surface area contributed by atoms with Crippen molar-refractivity contribution in [3.63, 3.8) is 0 Å². The normalized spacial score (nSPS) is 11.8. The lowest BCUT2D eigenvalue weighted by Crippen LogP contribution is -2.23. The molecule has 0 saturated heterocycles. The van der Waals surface area contributed by atoms with Gasteiger partial charge in [-0.25, -0.2) is 13.1 Å². The molecule has 1 aromatic heterocycles. The van der Waals surface area contributed by atoms with Crippen LogP contribution in [0.4, 0.5) is 13.2 Å². The fraction of sp³-hybridized carbons (Fsp3) is 0.143. The summed E-state index contributed by atoms with van der Waals surface area (Å²) in [7, 11) is -2.58. The minimum atomic E-state index is -4.73. The van der Waals surface area contributed by atoms with Crippen LogP contribution in [-0.2, 0) is 34.1 Å². The van der Waals surface area contributed by atoms with Crippen LogP contribution in [0.15, 0.2) is 70.4 Å². The van der Waals surface area contributed by atoms with Crippen molar-refractivity contribution in [3.05, 3.63) is 103 Å². The zero-order chi connectivity index (χ0) is 30.8. The smallest absolute Gasteiger partial charge is 0.416 e. The maximum absolute atomic E-state index is 13.4. The third kappa shape index (κ3) is 6.61. The number of aromatic nitrogens is 1. The molecule has 0 aliphatic heterocycles. The van der Waals surface area contributed by atoms with Crippen LogP contribution in [0.25, 0.3) is 22.4 Å². The molecular formula is C28H20Cl2F3N3O5S. The minimum absolute atomic E-state index is 0.0259. The lowest BCUT2D eigenvalue weighted by molar-refractivity contribution is -0.137. The number of hydrogen-bond acceptors (Lipinski definition) is 6. The Morgan fingerprint density at radius 1 is 1.05 bits per heavy atom. The maximum Gasteiger partial charge on any atom is 0.416 e. The molecule has 0 bridgehead atoms. The Hall–Kier alpha value is -3.86. The van der Waals surface area contributed by atoms with E-state index in [4.69, 9.17) is 27.9 Å². The van der Waals surface area contributed by atoms with Crippen molar-refractivity contribution in [2.45, 2.75) is 24.2 Å². The first-order valence-corrected chi connectivity index (χ1v) is 14.1. The van der Waals surface area contributed by atoms with E-state index in [0.29, 0.717) is 11.6 Å². The van der Waals surface area contributed by atoms with Crippen LogP contribution >= 0.6 is 23.2 Å². The molecule has 1 heterocycles. The molecule has 14 heteroatoms. The summed E-state index contributed by atoms with van der Waals surface area (Å²) < 4.78 is 73.5. The highest BCUT2D eigenvalue weighted by Crippen LogP contribution is 2.39. The molecule has 42 heavy (non-hydrogen) atoms. The number of phenols is 1. The number of phenolic OH excluding ortho intramolecular Hbond substituents is 1. The number of halogens is 5. The molecule has 0 unspecified atom stereocenters. The van der Waals surface area contributed by atoms with E-state index in [0.717, 1.165) is 12.1 Å². The van der Waals surface area contributed by atoms with E-state index in [1.807, 2.05) is 0 Å². The molecule has 0 atom stereocenters. The summed E-state index contributed by atoms with van der Waals surface area (Å²) in [4.78, 5) is 15.2. The van der Waals surface area contributed by atoms with Crippen molar-refractivity contribution in [3.8, 4) is 34.2 Å². The lowest BCUT2D eigenvalue weighted by atomic mass is 9.96. The summed E-state index contributed by atoms with van der Waals surface area (Å²) >= 11 is 12.4. The van der Waals surface area contributed by atoms with Gasteiger partial charge in [0, 0.05) is 46.0 Å². The summed E-state index contributed by atoms with van der Waals surface area (Å²) in [5, 5.41) is 20.5. The monoisotopic (exact) mass is 637 g/mol. The van der Waals surface area contributed by atoms with Gasteiger partial charge in [0.05, 0.1) is 22.8 Å². The van der Waals surface area contributed by atoms with Crippen molar-refractivity contribution in [2.75, 3.05) is 7.11 Å². The molecule has 0 spiro atoms. The maximum atomic E-state index is 13.4. The van der Waals surface area contributed by atoms with Gasteiger partial charge >= 0.3 is 6.18 Å². The summed E-state index contributed by atoms with van der Waals surface area (Å²) in [6.07, 6.45) is -4.73. The number of methoxy groups -OCH3 is 1. The van der Waals surface area contributed by atoms with E-state index in [1.165, 1.54) is 37.4 Å². The van der Waals surface area contributed by atoms with Gasteiger partial charge in [0.2, 0.25) is 10.0 Å². The number of aromatic hydroxyl groups is 1. The molecule has 0 aliphatic carbocycles. The van der Waals surface area contributed by atoms with Gasteiger partial charge in [-0.3, -0.25) is 4.79 Å². The van der Waals surface area contributed by atoms with Gasteiger partial charge in [-0.15, -0.1) is 0 Å². The fourth-order valence-electron chi connectivity index (χ4n) is 4.16. The number of H-pyrrole nitrogens is 1. The van der Waals surface area contributed by atoms with Crippen LogP contribution in [0.3, 0.4) is 0 Å². The SMILES string of the molecule is COCc1cccc(S(=O)(=O)NCc2cc(Cl)cc(-c3cc(-c4cc(C(F)(F)F)ccc4Cl)c(C#N)c(=O)[nH]3)c2O)c1. The molecule has 4 aromatic rings. The number of rotatable bonds is 8. The first-order valence-electron chi connectivity index (χ1n) is 11.9.